The molecule has 1 unspecified atom stereocenters. The summed E-state index contributed by atoms with van der Waals surface area (Å²) in [6.45, 7) is 12.3. The molecule has 0 bridgehead atoms. The first-order valence-electron chi connectivity index (χ1n) is 6.58. The van der Waals surface area contributed by atoms with Crippen LogP contribution in [0.15, 0.2) is 6.07 Å². The number of thiophene rings is 1. The number of hydrogen-bond acceptors (Lipinski definition) is 4. The Bertz CT molecular complexity index is 414. The quantitative estimate of drug-likeness (QED) is 0.915. The van der Waals surface area contributed by atoms with Crippen molar-refractivity contribution in [2.24, 2.45) is 5.73 Å². The number of nitrogens with zero attached hydrogens (tertiary/aromatic N) is 1. The van der Waals surface area contributed by atoms with E-state index in [1.54, 1.807) is 0 Å². The van der Waals surface area contributed by atoms with Crippen molar-refractivity contribution >= 4 is 11.3 Å². The molecule has 0 amide bonds. The number of aryl methyl sites for hydroxylation is 1. The Morgan fingerprint density at radius 2 is 2.28 bits per heavy atom. The third-order valence-electron chi connectivity index (χ3n) is 3.31. The van der Waals surface area contributed by atoms with E-state index in [1.165, 1.54) is 15.3 Å². The fourth-order valence-electron chi connectivity index (χ4n) is 2.79. The van der Waals surface area contributed by atoms with Gasteiger partial charge in [-0.15, -0.1) is 11.3 Å². The Balaban J connectivity index is 2.06. The minimum absolute atomic E-state index is 0.0434. The predicted octanol–water partition coefficient (Wildman–Crippen LogP) is 2.51. The summed E-state index contributed by atoms with van der Waals surface area (Å²) in [5.41, 5.74) is 7.09. The molecule has 102 valence electrons. The summed E-state index contributed by atoms with van der Waals surface area (Å²) in [5, 5.41) is 0. The van der Waals surface area contributed by atoms with Crippen molar-refractivity contribution in [2.75, 3.05) is 13.1 Å². The van der Waals surface area contributed by atoms with Gasteiger partial charge < -0.3 is 10.5 Å². The molecule has 2 N–H and O–H groups in total. The summed E-state index contributed by atoms with van der Waals surface area (Å²) in [5.74, 6) is 0. The molecule has 4 heteroatoms. The standard InChI is InChI=1S/C14H24N2OS/c1-10-7-16(9-14(3,4)17-10)8-12-5-13(6-15)18-11(12)2/h5,10H,6-9,15H2,1-4H3. The van der Waals surface area contributed by atoms with Crippen molar-refractivity contribution < 1.29 is 4.74 Å². The smallest absolute Gasteiger partial charge is 0.0757 e. The normalized spacial score (nSPS) is 24.4. The monoisotopic (exact) mass is 268 g/mol. The van der Waals surface area contributed by atoms with E-state index >= 15 is 0 Å². The lowest BCUT2D eigenvalue weighted by atomic mass is 10.0. The highest BCUT2D eigenvalue weighted by Crippen LogP contribution is 2.26. The van der Waals surface area contributed by atoms with Crippen LogP contribution in [0.4, 0.5) is 0 Å². The van der Waals surface area contributed by atoms with E-state index < -0.39 is 0 Å². The third-order valence-corrected chi connectivity index (χ3v) is 4.42. The summed E-state index contributed by atoms with van der Waals surface area (Å²) >= 11 is 1.82. The summed E-state index contributed by atoms with van der Waals surface area (Å²) in [6, 6.07) is 2.26. The molecule has 0 spiro atoms. The van der Waals surface area contributed by atoms with E-state index in [2.05, 4.69) is 38.7 Å². The molecule has 0 aromatic carbocycles. The van der Waals surface area contributed by atoms with Gasteiger partial charge in [0.1, 0.15) is 0 Å². The predicted molar refractivity (Wildman–Crippen MR) is 76.9 cm³/mol. The molecule has 1 saturated heterocycles. The highest BCUT2D eigenvalue weighted by atomic mass is 32.1. The van der Waals surface area contributed by atoms with Crippen molar-refractivity contribution in [3.05, 3.63) is 21.4 Å². The first kappa shape index (κ1) is 14.0. The van der Waals surface area contributed by atoms with Crippen LogP contribution in [0, 0.1) is 6.92 Å². The Morgan fingerprint density at radius 1 is 1.56 bits per heavy atom. The molecule has 1 aliphatic rings. The minimum atomic E-state index is -0.0434. The van der Waals surface area contributed by atoms with Gasteiger partial charge in [-0.25, -0.2) is 0 Å². The van der Waals surface area contributed by atoms with Gasteiger partial charge in [0, 0.05) is 35.9 Å². The van der Waals surface area contributed by atoms with E-state index in [4.69, 9.17) is 10.5 Å². The van der Waals surface area contributed by atoms with Crippen molar-refractivity contribution in [1.29, 1.82) is 0 Å². The number of nitrogens with two attached hydrogens (primary N) is 1. The van der Waals surface area contributed by atoms with Crippen molar-refractivity contribution in [3.63, 3.8) is 0 Å². The Morgan fingerprint density at radius 3 is 2.83 bits per heavy atom. The van der Waals surface area contributed by atoms with E-state index in [-0.39, 0.29) is 5.60 Å². The molecule has 0 aliphatic carbocycles. The van der Waals surface area contributed by atoms with Crippen LogP contribution in [-0.4, -0.2) is 29.7 Å². The summed E-state index contributed by atoms with van der Waals surface area (Å²) < 4.78 is 5.94. The van der Waals surface area contributed by atoms with Gasteiger partial charge >= 0.3 is 0 Å². The maximum atomic E-state index is 5.94. The topological polar surface area (TPSA) is 38.5 Å². The van der Waals surface area contributed by atoms with Crippen LogP contribution in [0.5, 0.6) is 0 Å². The molecule has 1 atom stereocenters. The zero-order valence-electron chi connectivity index (χ0n) is 11.8. The second-order valence-corrected chi connectivity index (χ2v) is 7.20. The van der Waals surface area contributed by atoms with Crippen LogP contribution >= 0.6 is 11.3 Å². The Labute approximate surface area is 114 Å². The lowest BCUT2D eigenvalue weighted by Crippen LogP contribution is -2.51. The number of hydrogen-bond donors (Lipinski definition) is 1. The van der Waals surface area contributed by atoms with Crippen LogP contribution in [0.25, 0.3) is 0 Å². The fourth-order valence-corrected chi connectivity index (χ4v) is 3.72. The minimum Gasteiger partial charge on any atom is -0.370 e. The molecule has 0 radical (unpaired) electrons. The van der Waals surface area contributed by atoms with Gasteiger partial charge in [-0.2, -0.15) is 0 Å². The largest absolute Gasteiger partial charge is 0.370 e. The highest BCUT2D eigenvalue weighted by molar-refractivity contribution is 7.12. The lowest BCUT2D eigenvalue weighted by Gasteiger charge is -2.41. The second kappa shape index (κ2) is 5.29. The van der Waals surface area contributed by atoms with Crippen LogP contribution in [0.2, 0.25) is 0 Å². The van der Waals surface area contributed by atoms with Crippen molar-refractivity contribution in [2.45, 2.75) is 52.5 Å². The summed E-state index contributed by atoms with van der Waals surface area (Å²) in [6.07, 6.45) is 0.307. The maximum absolute atomic E-state index is 5.94. The van der Waals surface area contributed by atoms with E-state index in [0.29, 0.717) is 12.6 Å². The van der Waals surface area contributed by atoms with Crippen molar-refractivity contribution in [3.8, 4) is 0 Å². The van der Waals surface area contributed by atoms with Gasteiger partial charge in [0.15, 0.2) is 0 Å². The van der Waals surface area contributed by atoms with Gasteiger partial charge in [-0.1, -0.05) is 0 Å². The summed E-state index contributed by atoms with van der Waals surface area (Å²) in [4.78, 5) is 5.17. The first-order valence-corrected chi connectivity index (χ1v) is 7.40. The summed E-state index contributed by atoms with van der Waals surface area (Å²) in [7, 11) is 0. The van der Waals surface area contributed by atoms with Crippen molar-refractivity contribution in [1.82, 2.24) is 4.90 Å². The molecular weight excluding hydrogens is 244 g/mol. The van der Waals surface area contributed by atoms with Crippen LogP contribution in [0.3, 0.4) is 0 Å². The number of morpholine rings is 1. The third kappa shape index (κ3) is 3.32. The molecule has 1 aromatic rings. The molecule has 2 rings (SSSR count). The van der Waals surface area contributed by atoms with Gasteiger partial charge in [0.05, 0.1) is 11.7 Å². The molecular formula is C14H24N2OS. The molecule has 18 heavy (non-hydrogen) atoms. The van der Waals surface area contributed by atoms with Gasteiger partial charge in [0.2, 0.25) is 0 Å². The SMILES string of the molecule is Cc1sc(CN)cc1CN1CC(C)OC(C)(C)C1. The Hall–Kier alpha value is -0.420. The van der Waals surface area contributed by atoms with Gasteiger partial charge in [-0.3, -0.25) is 4.90 Å². The van der Waals surface area contributed by atoms with E-state index in [9.17, 15) is 0 Å². The van der Waals surface area contributed by atoms with Crippen LogP contribution in [-0.2, 0) is 17.8 Å². The molecule has 1 aromatic heterocycles. The molecule has 3 nitrogen and oxygen atoms in total. The molecule has 0 saturated carbocycles. The van der Waals surface area contributed by atoms with E-state index in [1.807, 2.05) is 11.3 Å². The first-order chi connectivity index (χ1) is 8.39. The molecule has 2 heterocycles. The lowest BCUT2D eigenvalue weighted by molar-refractivity contribution is -0.130. The van der Waals surface area contributed by atoms with Crippen LogP contribution < -0.4 is 5.73 Å². The average molecular weight is 268 g/mol. The van der Waals surface area contributed by atoms with Crippen LogP contribution in [0.1, 0.15) is 36.1 Å². The highest BCUT2D eigenvalue weighted by Gasteiger charge is 2.31. The number of ether oxygens (including phenoxy) is 1. The zero-order valence-corrected chi connectivity index (χ0v) is 12.6. The zero-order chi connectivity index (χ0) is 13.3. The number of rotatable bonds is 3. The van der Waals surface area contributed by atoms with Gasteiger partial charge in [-0.05, 0) is 39.3 Å². The van der Waals surface area contributed by atoms with E-state index in [0.717, 1.165) is 19.6 Å². The molecule has 1 aliphatic heterocycles. The maximum Gasteiger partial charge on any atom is 0.0757 e. The van der Waals surface area contributed by atoms with Gasteiger partial charge in [0.25, 0.3) is 0 Å². The average Bonchev–Trinajstić information content (AvgIpc) is 2.56. The molecule has 1 fully saturated rings. The second-order valence-electron chi connectivity index (χ2n) is 5.86. The Kier molecular flexibility index (Phi) is 4.11. The fraction of sp³-hybridized carbons (Fsp3) is 0.714.